The van der Waals surface area contributed by atoms with Crippen molar-refractivity contribution in [2.24, 2.45) is 10.9 Å². The van der Waals surface area contributed by atoms with Gasteiger partial charge in [-0.05, 0) is 62.1 Å². The van der Waals surface area contributed by atoms with Crippen LogP contribution in [0.4, 0.5) is 0 Å². The van der Waals surface area contributed by atoms with Crippen LogP contribution < -0.4 is 5.56 Å². The average Bonchev–Trinajstić information content (AvgIpc) is 2.80. The lowest BCUT2D eigenvalue weighted by molar-refractivity contribution is 0.0505. The molecule has 2 atom stereocenters. The molecule has 0 fully saturated rings. The van der Waals surface area contributed by atoms with Gasteiger partial charge in [0.05, 0.1) is 12.2 Å². The van der Waals surface area contributed by atoms with Crippen molar-refractivity contribution in [1.29, 1.82) is 0 Å². The van der Waals surface area contributed by atoms with Crippen LogP contribution in [0.15, 0.2) is 75.6 Å². The van der Waals surface area contributed by atoms with Crippen LogP contribution in [0.1, 0.15) is 60.8 Å². The van der Waals surface area contributed by atoms with Crippen molar-refractivity contribution >= 4 is 18.3 Å². The summed E-state index contributed by atoms with van der Waals surface area (Å²) in [6, 6.07) is 10.9. The lowest BCUT2D eigenvalue weighted by Crippen LogP contribution is -2.40. The van der Waals surface area contributed by atoms with Gasteiger partial charge in [-0.2, -0.15) is 0 Å². The van der Waals surface area contributed by atoms with Crippen molar-refractivity contribution in [3.8, 4) is 0 Å². The molecular formula is C28H30N2O3. The summed E-state index contributed by atoms with van der Waals surface area (Å²) in [5.41, 5.74) is 5.49. The number of aromatic nitrogens is 1. The number of nitrogens with zero attached hydrogens (tertiary/aromatic N) is 1. The molecule has 2 bridgehead atoms. The van der Waals surface area contributed by atoms with Crippen LogP contribution in [0.3, 0.4) is 0 Å². The van der Waals surface area contributed by atoms with Crippen LogP contribution in [0, 0.1) is 5.92 Å². The van der Waals surface area contributed by atoms with Crippen molar-refractivity contribution < 1.29 is 9.53 Å². The van der Waals surface area contributed by atoms with Gasteiger partial charge in [0.2, 0.25) is 5.56 Å². The smallest absolute Gasteiger partial charge is 0.338 e. The lowest BCUT2D eigenvalue weighted by atomic mass is 9.63. The Hall–Kier alpha value is -3.47. The van der Waals surface area contributed by atoms with Gasteiger partial charge >= 0.3 is 5.97 Å². The number of aliphatic imine (C=N–C) groups is 1. The van der Waals surface area contributed by atoms with E-state index in [0.717, 1.165) is 36.1 Å². The summed E-state index contributed by atoms with van der Waals surface area (Å²) >= 11 is 0. The summed E-state index contributed by atoms with van der Waals surface area (Å²) in [6.45, 7) is 6.61. The van der Waals surface area contributed by atoms with Crippen LogP contribution in [-0.4, -0.2) is 23.8 Å². The van der Waals surface area contributed by atoms with Crippen molar-refractivity contribution in [2.75, 3.05) is 6.61 Å². The Labute approximate surface area is 194 Å². The summed E-state index contributed by atoms with van der Waals surface area (Å²) in [5, 5.41) is 0. The van der Waals surface area contributed by atoms with E-state index in [0.29, 0.717) is 12.2 Å². The molecule has 1 heterocycles. The minimum atomic E-state index is -0.508. The van der Waals surface area contributed by atoms with Gasteiger partial charge in [-0.25, -0.2) is 4.79 Å². The maximum absolute atomic E-state index is 12.1. The lowest BCUT2D eigenvalue weighted by Gasteiger charge is -2.45. The van der Waals surface area contributed by atoms with Crippen LogP contribution in [0.2, 0.25) is 0 Å². The van der Waals surface area contributed by atoms with Crippen molar-refractivity contribution in [3.63, 3.8) is 0 Å². The highest BCUT2D eigenvalue weighted by molar-refractivity contribution is 5.90. The Bertz CT molecular complexity index is 1230. The van der Waals surface area contributed by atoms with Crippen molar-refractivity contribution in [3.05, 3.63) is 98.5 Å². The Morgan fingerprint density at radius 2 is 2.15 bits per heavy atom. The summed E-state index contributed by atoms with van der Waals surface area (Å²) in [7, 11) is 0. The number of carbonyl (C=O) groups excluding carboxylic acids is 1. The van der Waals surface area contributed by atoms with Crippen LogP contribution in [0.5, 0.6) is 0 Å². The second-order valence-electron chi connectivity index (χ2n) is 8.72. The van der Waals surface area contributed by atoms with Crippen LogP contribution >= 0.6 is 0 Å². The Balaban J connectivity index is 1.64. The van der Waals surface area contributed by atoms with E-state index in [9.17, 15) is 9.59 Å². The molecule has 1 N–H and O–H groups in total. The predicted molar refractivity (Wildman–Crippen MR) is 133 cm³/mol. The molecular weight excluding hydrogens is 412 g/mol. The van der Waals surface area contributed by atoms with Gasteiger partial charge < -0.3 is 9.72 Å². The van der Waals surface area contributed by atoms with Gasteiger partial charge in [0.1, 0.15) is 5.54 Å². The molecule has 4 rings (SSSR count). The number of hydrogen-bond donors (Lipinski definition) is 1. The summed E-state index contributed by atoms with van der Waals surface area (Å²) in [4.78, 5) is 32.2. The molecule has 0 saturated heterocycles. The third kappa shape index (κ3) is 4.54. The second kappa shape index (κ2) is 9.57. The first-order chi connectivity index (χ1) is 16.0. The third-order valence-corrected chi connectivity index (χ3v) is 6.31. The molecule has 2 aliphatic carbocycles. The molecule has 1 aromatic heterocycles. The third-order valence-electron chi connectivity index (χ3n) is 6.31. The number of esters is 1. The molecule has 170 valence electrons. The van der Waals surface area contributed by atoms with E-state index < -0.39 is 5.54 Å². The number of hydrogen-bond acceptors (Lipinski definition) is 4. The molecule has 2 aromatic rings. The number of nitrogens with one attached hydrogen (secondary N) is 1. The van der Waals surface area contributed by atoms with Crippen molar-refractivity contribution in [1.82, 2.24) is 4.98 Å². The van der Waals surface area contributed by atoms with E-state index in [1.54, 1.807) is 12.1 Å². The number of aromatic amines is 1. The Morgan fingerprint density at radius 1 is 1.30 bits per heavy atom. The molecule has 0 saturated carbocycles. The largest absolute Gasteiger partial charge is 0.462 e. The molecule has 5 nitrogen and oxygen atoms in total. The van der Waals surface area contributed by atoms with Crippen LogP contribution in [0.25, 0.3) is 6.08 Å². The minimum Gasteiger partial charge on any atom is -0.462 e. The quantitative estimate of drug-likeness (QED) is 0.370. The first-order valence-electron chi connectivity index (χ1n) is 11.5. The van der Waals surface area contributed by atoms with Gasteiger partial charge in [-0.15, -0.1) is 0 Å². The van der Waals surface area contributed by atoms with E-state index in [1.807, 2.05) is 49.6 Å². The number of carbonyl (C=O) groups is 1. The SMILES string of the molecule is CC=C1C2C=C(C)CC1(N=CC=Cc1cccc(C(=O)OCCC)c1)c1ccc(=O)[nH]c1C2. The predicted octanol–water partition coefficient (Wildman–Crippen LogP) is 5.39. The normalized spacial score (nSPS) is 23.1. The zero-order valence-electron chi connectivity index (χ0n) is 19.4. The van der Waals surface area contributed by atoms with Gasteiger partial charge in [0.25, 0.3) is 0 Å². The Kier molecular flexibility index (Phi) is 6.59. The monoisotopic (exact) mass is 442 g/mol. The second-order valence-corrected chi connectivity index (χ2v) is 8.72. The number of allylic oxidation sites excluding steroid dienone is 3. The standard InChI is InChI=1S/C28H30N2O3/c1-4-14-33-27(32)21-10-6-8-20(16-21)9-7-13-29-28-18-19(3)15-22(23(28)5-2)17-25-24(28)11-12-26(31)30-25/h5-13,15-16,22H,4,14,17-18H2,1-3H3,(H,30,31). The van der Waals surface area contributed by atoms with Gasteiger partial charge in [-0.3, -0.25) is 9.79 Å². The molecule has 33 heavy (non-hydrogen) atoms. The maximum atomic E-state index is 12.1. The fraction of sp³-hybridized carbons (Fsp3) is 0.321. The zero-order valence-corrected chi connectivity index (χ0v) is 19.4. The summed E-state index contributed by atoms with van der Waals surface area (Å²) in [6.07, 6.45) is 12.5. The number of pyridine rings is 1. The van der Waals surface area contributed by atoms with E-state index in [4.69, 9.17) is 9.73 Å². The first kappa shape index (κ1) is 22.7. The number of benzene rings is 1. The van der Waals surface area contributed by atoms with Gasteiger partial charge in [0, 0.05) is 35.9 Å². The number of H-pyrrole nitrogens is 1. The molecule has 1 aromatic carbocycles. The number of rotatable bonds is 6. The maximum Gasteiger partial charge on any atom is 0.338 e. The van der Waals surface area contributed by atoms with E-state index in [1.165, 1.54) is 11.1 Å². The van der Waals surface area contributed by atoms with E-state index in [2.05, 4.69) is 31.0 Å². The van der Waals surface area contributed by atoms with Gasteiger partial charge in [0.15, 0.2) is 0 Å². The zero-order chi connectivity index (χ0) is 23.4. The summed E-state index contributed by atoms with van der Waals surface area (Å²) < 4.78 is 5.23. The van der Waals surface area contributed by atoms with Gasteiger partial charge in [-0.1, -0.05) is 42.9 Å². The van der Waals surface area contributed by atoms with E-state index >= 15 is 0 Å². The highest BCUT2D eigenvalue weighted by Gasteiger charge is 2.46. The molecule has 2 unspecified atom stereocenters. The number of ether oxygens (including phenoxy) is 1. The van der Waals surface area contributed by atoms with E-state index in [-0.39, 0.29) is 17.4 Å². The highest BCUT2D eigenvalue weighted by atomic mass is 16.5. The van der Waals surface area contributed by atoms with Crippen LogP contribution in [-0.2, 0) is 16.7 Å². The summed E-state index contributed by atoms with van der Waals surface area (Å²) in [5.74, 6) is -0.0676. The topological polar surface area (TPSA) is 71.5 Å². The molecule has 5 heteroatoms. The average molecular weight is 443 g/mol. The molecule has 0 radical (unpaired) electrons. The molecule has 0 spiro atoms. The molecule has 0 amide bonds. The molecule has 2 aliphatic rings. The first-order valence-corrected chi connectivity index (χ1v) is 11.5. The number of fused-ring (bicyclic) bond motifs is 4. The highest BCUT2D eigenvalue weighted by Crippen LogP contribution is 2.51. The van der Waals surface area contributed by atoms with Crippen molar-refractivity contribution in [2.45, 2.75) is 45.6 Å². The minimum absolute atomic E-state index is 0.0761. The fourth-order valence-corrected chi connectivity index (χ4v) is 5.02. The molecule has 0 aliphatic heterocycles. The Morgan fingerprint density at radius 3 is 2.94 bits per heavy atom. The fourth-order valence-electron chi connectivity index (χ4n) is 5.02.